The fourth-order valence-electron chi connectivity index (χ4n) is 1.98. The van der Waals surface area contributed by atoms with Gasteiger partial charge in [-0.15, -0.1) is 0 Å². The zero-order valence-corrected chi connectivity index (χ0v) is 14.0. The number of pyridine rings is 1. The molecule has 0 fully saturated rings. The highest BCUT2D eigenvalue weighted by molar-refractivity contribution is 6.03. The minimum Gasteiger partial charge on any atom is -0.334 e. The van der Waals surface area contributed by atoms with Crippen molar-refractivity contribution >= 4 is 23.3 Å². The lowest BCUT2D eigenvalue weighted by Gasteiger charge is -2.09. The van der Waals surface area contributed by atoms with Crippen molar-refractivity contribution < 1.29 is 9.59 Å². The third-order valence-corrected chi connectivity index (χ3v) is 3.30. The molecule has 0 saturated heterocycles. The molecule has 128 valence electrons. The lowest BCUT2D eigenvalue weighted by Crippen LogP contribution is -2.28. The molecule has 0 bridgehead atoms. The minimum absolute atomic E-state index is 0.199. The van der Waals surface area contributed by atoms with E-state index in [1.54, 1.807) is 55.7 Å². The summed E-state index contributed by atoms with van der Waals surface area (Å²) in [4.78, 5) is 27.7. The van der Waals surface area contributed by atoms with Gasteiger partial charge in [0.25, 0.3) is 5.91 Å². The van der Waals surface area contributed by atoms with Crippen LogP contribution in [0.15, 0.2) is 73.1 Å². The van der Waals surface area contributed by atoms with Crippen molar-refractivity contribution in [2.45, 2.75) is 13.5 Å². The van der Waals surface area contributed by atoms with Gasteiger partial charge in [0.2, 0.25) is 0 Å². The SMILES string of the molecule is C=CC=C(C)C(=O)Nc1ccc(NC(=O)NCc2cccnc2)cc1. The maximum Gasteiger partial charge on any atom is 0.319 e. The molecule has 3 amide bonds. The number of allylic oxidation sites excluding steroid dienone is 2. The zero-order chi connectivity index (χ0) is 18.1. The standard InChI is InChI=1S/C19H20N4O2/c1-3-5-14(2)18(24)22-16-7-9-17(10-8-16)23-19(25)21-13-15-6-4-11-20-12-15/h3-12H,1,13H2,2H3,(H,22,24)(H2,21,23,25). The average Bonchev–Trinajstić information content (AvgIpc) is 2.62. The summed E-state index contributed by atoms with van der Waals surface area (Å²) < 4.78 is 0. The van der Waals surface area contributed by atoms with Crippen LogP contribution in [0.5, 0.6) is 0 Å². The highest BCUT2D eigenvalue weighted by atomic mass is 16.2. The fourth-order valence-corrected chi connectivity index (χ4v) is 1.98. The summed E-state index contributed by atoms with van der Waals surface area (Å²) in [6.45, 7) is 5.66. The Kier molecular flexibility index (Phi) is 6.47. The Morgan fingerprint density at radius 1 is 1.12 bits per heavy atom. The van der Waals surface area contributed by atoms with Gasteiger partial charge in [-0.05, 0) is 42.8 Å². The van der Waals surface area contributed by atoms with Crippen LogP contribution in [-0.2, 0) is 11.3 Å². The number of carbonyl (C=O) groups is 2. The molecule has 0 atom stereocenters. The second-order valence-electron chi connectivity index (χ2n) is 5.29. The van der Waals surface area contributed by atoms with E-state index in [2.05, 4.69) is 27.5 Å². The molecule has 0 aliphatic heterocycles. The minimum atomic E-state index is -0.314. The van der Waals surface area contributed by atoms with E-state index in [0.29, 0.717) is 23.5 Å². The molecule has 1 aromatic heterocycles. The first kappa shape index (κ1) is 17.9. The van der Waals surface area contributed by atoms with Gasteiger partial charge in [-0.25, -0.2) is 4.79 Å². The first-order chi connectivity index (χ1) is 12.1. The van der Waals surface area contributed by atoms with Crippen molar-refractivity contribution in [3.05, 3.63) is 78.7 Å². The summed E-state index contributed by atoms with van der Waals surface area (Å²) in [5.74, 6) is -0.199. The predicted molar refractivity (Wildman–Crippen MR) is 99.1 cm³/mol. The van der Waals surface area contributed by atoms with E-state index in [1.165, 1.54) is 0 Å². The van der Waals surface area contributed by atoms with E-state index < -0.39 is 0 Å². The lowest BCUT2D eigenvalue weighted by molar-refractivity contribution is -0.112. The van der Waals surface area contributed by atoms with E-state index in [4.69, 9.17) is 0 Å². The van der Waals surface area contributed by atoms with Gasteiger partial charge in [-0.2, -0.15) is 0 Å². The highest BCUT2D eigenvalue weighted by Gasteiger charge is 2.05. The Morgan fingerprint density at radius 2 is 1.80 bits per heavy atom. The molecule has 6 nitrogen and oxygen atoms in total. The van der Waals surface area contributed by atoms with Gasteiger partial charge in [0.15, 0.2) is 0 Å². The third kappa shape index (κ3) is 5.95. The summed E-state index contributed by atoms with van der Waals surface area (Å²) in [6.07, 6.45) is 6.57. The molecule has 0 aliphatic rings. The molecule has 0 spiro atoms. The largest absolute Gasteiger partial charge is 0.334 e. The topological polar surface area (TPSA) is 83.1 Å². The Balaban J connectivity index is 1.85. The van der Waals surface area contributed by atoms with Crippen molar-refractivity contribution in [1.29, 1.82) is 0 Å². The second-order valence-corrected chi connectivity index (χ2v) is 5.29. The normalized spacial score (nSPS) is 10.7. The number of amides is 3. The summed E-state index contributed by atoms with van der Waals surface area (Å²) in [5, 5.41) is 8.24. The van der Waals surface area contributed by atoms with Gasteiger partial charge in [-0.1, -0.05) is 24.8 Å². The molecular formula is C19H20N4O2. The number of anilines is 2. The predicted octanol–water partition coefficient (Wildman–Crippen LogP) is 3.47. The van der Waals surface area contributed by atoms with Crippen LogP contribution in [0, 0.1) is 0 Å². The zero-order valence-electron chi connectivity index (χ0n) is 14.0. The monoisotopic (exact) mass is 336 g/mol. The number of nitrogens with zero attached hydrogens (tertiary/aromatic N) is 1. The van der Waals surface area contributed by atoms with Gasteiger partial charge in [-0.3, -0.25) is 9.78 Å². The van der Waals surface area contributed by atoms with Crippen molar-refractivity contribution in [1.82, 2.24) is 10.3 Å². The highest BCUT2D eigenvalue weighted by Crippen LogP contribution is 2.14. The van der Waals surface area contributed by atoms with Gasteiger partial charge in [0.05, 0.1) is 0 Å². The quantitative estimate of drug-likeness (QED) is 0.558. The molecule has 2 rings (SSSR count). The van der Waals surface area contributed by atoms with E-state index in [1.807, 2.05) is 12.1 Å². The fraction of sp³-hybridized carbons (Fsp3) is 0.105. The van der Waals surface area contributed by atoms with Crippen molar-refractivity contribution in [3.8, 4) is 0 Å². The smallest absolute Gasteiger partial charge is 0.319 e. The molecule has 0 saturated carbocycles. The number of rotatable bonds is 6. The number of urea groups is 1. The van der Waals surface area contributed by atoms with Crippen LogP contribution in [0.4, 0.5) is 16.2 Å². The number of aromatic nitrogens is 1. The molecule has 0 unspecified atom stereocenters. The van der Waals surface area contributed by atoms with Gasteiger partial charge in [0, 0.05) is 35.9 Å². The summed E-state index contributed by atoms with van der Waals surface area (Å²) >= 11 is 0. The molecule has 1 heterocycles. The van der Waals surface area contributed by atoms with Gasteiger partial charge < -0.3 is 16.0 Å². The van der Waals surface area contributed by atoms with Gasteiger partial charge in [0.1, 0.15) is 0 Å². The van der Waals surface area contributed by atoms with Crippen LogP contribution >= 0.6 is 0 Å². The van der Waals surface area contributed by atoms with E-state index in [0.717, 1.165) is 5.56 Å². The van der Waals surface area contributed by atoms with Crippen LogP contribution in [0.3, 0.4) is 0 Å². The van der Waals surface area contributed by atoms with Crippen LogP contribution in [0.1, 0.15) is 12.5 Å². The molecule has 1 aromatic carbocycles. The Hall–Kier alpha value is -3.41. The summed E-state index contributed by atoms with van der Waals surface area (Å²) in [7, 11) is 0. The second kappa shape index (κ2) is 9.02. The molecule has 6 heteroatoms. The maximum absolute atomic E-state index is 11.9. The average molecular weight is 336 g/mol. The van der Waals surface area contributed by atoms with E-state index in [9.17, 15) is 9.59 Å². The summed E-state index contributed by atoms with van der Waals surface area (Å²) in [6, 6.07) is 10.2. The number of hydrogen-bond donors (Lipinski definition) is 3. The van der Waals surface area contributed by atoms with Crippen LogP contribution in [-0.4, -0.2) is 16.9 Å². The Morgan fingerprint density at radius 3 is 2.40 bits per heavy atom. The maximum atomic E-state index is 11.9. The van der Waals surface area contributed by atoms with E-state index >= 15 is 0 Å². The van der Waals surface area contributed by atoms with Crippen molar-refractivity contribution in [2.24, 2.45) is 0 Å². The number of benzene rings is 1. The van der Waals surface area contributed by atoms with Crippen LogP contribution in [0.25, 0.3) is 0 Å². The summed E-state index contributed by atoms with van der Waals surface area (Å²) in [5.41, 5.74) is 2.74. The van der Waals surface area contributed by atoms with Crippen molar-refractivity contribution in [3.63, 3.8) is 0 Å². The number of hydrogen-bond acceptors (Lipinski definition) is 3. The Labute approximate surface area is 146 Å². The molecule has 3 N–H and O–H groups in total. The number of carbonyl (C=O) groups excluding carboxylic acids is 2. The van der Waals surface area contributed by atoms with Gasteiger partial charge >= 0.3 is 6.03 Å². The molecular weight excluding hydrogens is 316 g/mol. The first-order valence-corrected chi connectivity index (χ1v) is 7.73. The molecule has 0 radical (unpaired) electrons. The molecule has 0 aliphatic carbocycles. The third-order valence-electron chi connectivity index (χ3n) is 3.30. The van der Waals surface area contributed by atoms with Crippen molar-refractivity contribution in [2.75, 3.05) is 10.6 Å². The van der Waals surface area contributed by atoms with Crippen LogP contribution < -0.4 is 16.0 Å². The lowest BCUT2D eigenvalue weighted by atomic mass is 10.2. The van der Waals surface area contributed by atoms with Crippen LogP contribution in [0.2, 0.25) is 0 Å². The number of nitrogens with one attached hydrogen (secondary N) is 3. The van der Waals surface area contributed by atoms with E-state index in [-0.39, 0.29) is 11.9 Å². The molecule has 25 heavy (non-hydrogen) atoms. The Bertz CT molecular complexity index is 768. The first-order valence-electron chi connectivity index (χ1n) is 7.73. The molecule has 2 aromatic rings.